The highest BCUT2D eigenvalue weighted by atomic mass is 19.3. The maximum Gasteiger partial charge on any atom is 0.387 e. The van der Waals surface area contributed by atoms with Gasteiger partial charge in [0.05, 0.1) is 0 Å². The molecule has 0 aliphatic rings. The molecule has 0 spiro atoms. The van der Waals surface area contributed by atoms with Crippen LogP contribution in [0, 0.1) is 20.8 Å². The fourth-order valence-electron chi connectivity index (χ4n) is 2.35. The number of hydrogen-bond donors (Lipinski definition) is 1. The van der Waals surface area contributed by atoms with Gasteiger partial charge >= 0.3 is 6.61 Å². The number of rotatable bonds is 4. The summed E-state index contributed by atoms with van der Waals surface area (Å²) in [5.41, 5.74) is 4.22. The van der Waals surface area contributed by atoms with E-state index in [0.717, 1.165) is 22.4 Å². The maximum absolute atomic E-state index is 12.2. The van der Waals surface area contributed by atoms with E-state index in [1.165, 1.54) is 24.3 Å². The summed E-state index contributed by atoms with van der Waals surface area (Å²) >= 11 is 0. The number of nitrogens with one attached hydrogen (secondary N) is 1. The van der Waals surface area contributed by atoms with Gasteiger partial charge in [-0.2, -0.15) is 8.78 Å². The summed E-state index contributed by atoms with van der Waals surface area (Å²) < 4.78 is 28.4. The van der Waals surface area contributed by atoms with Crippen LogP contribution in [0.5, 0.6) is 5.75 Å². The van der Waals surface area contributed by atoms with Crippen LogP contribution in [0.15, 0.2) is 36.4 Å². The second kappa shape index (κ2) is 6.56. The molecule has 2 rings (SSSR count). The van der Waals surface area contributed by atoms with Crippen molar-refractivity contribution < 1.29 is 18.3 Å². The van der Waals surface area contributed by atoms with Crippen LogP contribution in [0.3, 0.4) is 0 Å². The number of hydrogen-bond acceptors (Lipinski definition) is 2. The molecule has 0 unspecified atom stereocenters. The molecule has 1 amide bonds. The van der Waals surface area contributed by atoms with Crippen molar-refractivity contribution in [2.75, 3.05) is 5.32 Å². The molecule has 1 N–H and O–H groups in total. The van der Waals surface area contributed by atoms with Crippen molar-refractivity contribution in [1.82, 2.24) is 0 Å². The summed E-state index contributed by atoms with van der Waals surface area (Å²) in [6.45, 7) is 2.97. The molecule has 0 bridgehead atoms. The Balaban J connectivity index is 2.16. The summed E-state index contributed by atoms with van der Waals surface area (Å²) in [4.78, 5) is 12.2. The van der Waals surface area contributed by atoms with Gasteiger partial charge in [0.2, 0.25) is 0 Å². The van der Waals surface area contributed by atoms with Crippen molar-refractivity contribution in [3.8, 4) is 5.75 Å². The van der Waals surface area contributed by atoms with Crippen LogP contribution in [0.4, 0.5) is 14.5 Å². The Morgan fingerprint density at radius 2 is 1.59 bits per heavy atom. The van der Waals surface area contributed by atoms with E-state index < -0.39 is 6.61 Å². The normalized spacial score (nSPS) is 10.6. The number of ether oxygens (including phenoxy) is 1. The molecule has 2 aromatic rings. The van der Waals surface area contributed by atoms with E-state index in [1.54, 1.807) is 0 Å². The largest absolute Gasteiger partial charge is 0.435 e. The van der Waals surface area contributed by atoms with E-state index in [1.807, 2.05) is 32.9 Å². The molecule has 0 aliphatic heterocycles. The zero-order chi connectivity index (χ0) is 16.3. The Hall–Kier alpha value is -2.43. The molecule has 5 heteroatoms. The van der Waals surface area contributed by atoms with Gasteiger partial charge in [0, 0.05) is 11.3 Å². The van der Waals surface area contributed by atoms with E-state index in [-0.39, 0.29) is 11.7 Å². The first-order valence-electron chi connectivity index (χ1n) is 6.81. The fourth-order valence-corrected chi connectivity index (χ4v) is 2.35. The van der Waals surface area contributed by atoms with E-state index in [4.69, 9.17) is 0 Å². The zero-order valence-corrected chi connectivity index (χ0v) is 12.6. The predicted octanol–water partition coefficient (Wildman–Crippen LogP) is 4.47. The van der Waals surface area contributed by atoms with Crippen LogP contribution < -0.4 is 10.1 Å². The van der Waals surface area contributed by atoms with Crippen molar-refractivity contribution in [3.63, 3.8) is 0 Å². The van der Waals surface area contributed by atoms with Crippen molar-refractivity contribution in [2.24, 2.45) is 0 Å². The molecule has 0 aromatic heterocycles. The molecule has 0 radical (unpaired) electrons. The molecular formula is C17H17F2NO2. The highest BCUT2D eigenvalue weighted by Gasteiger charge is 2.11. The van der Waals surface area contributed by atoms with E-state index in [2.05, 4.69) is 10.1 Å². The van der Waals surface area contributed by atoms with Crippen LogP contribution in [0.2, 0.25) is 0 Å². The lowest BCUT2D eigenvalue weighted by Gasteiger charge is -2.13. The summed E-state index contributed by atoms with van der Waals surface area (Å²) in [6, 6.07) is 9.56. The number of amides is 1. The quantitative estimate of drug-likeness (QED) is 0.905. The Morgan fingerprint density at radius 1 is 1.05 bits per heavy atom. The third-order valence-electron chi connectivity index (χ3n) is 3.26. The van der Waals surface area contributed by atoms with Crippen LogP contribution >= 0.6 is 0 Å². The minimum atomic E-state index is -2.88. The van der Waals surface area contributed by atoms with Gasteiger partial charge in [0.15, 0.2) is 0 Å². The molecule has 116 valence electrons. The van der Waals surface area contributed by atoms with Gasteiger partial charge in [-0.25, -0.2) is 0 Å². The van der Waals surface area contributed by atoms with E-state index >= 15 is 0 Å². The van der Waals surface area contributed by atoms with Gasteiger partial charge in [0.25, 0.3) is 5.91 Å². The first kappa shape index (κ1) is 15.9. The Morgan fingerprint density at radius 3 is 2.09 bits per heavy atom. The molecule has 0 saturated heterocycles. The maximum atomic E-state index is 12.2. The van der Waals surface area contributed by atoms with E-state index in [0.29, 0.717) is 5.56 Å². The van der Waals surface area contributed by atoms with Gasteiger partial charge < -0.3 is 10.1 Å². The van der Waals surface area contributed by atoms with Gasteiger partial charge in [-0.15, -0.1) is 0 Å². The minimum Gasteiger partial charge on any atom is -0.435 e. The molecule has 3 nitrogen and oxygen atoms in total. The van der Waals surface area contributed by atoms with Crippen LogP contribution in [0.25, 0.3) is 0 Å². The average Bonchev–Trinajstić information content (AvgIpc) is 2.42. The second-order valence-corrected chi connectivity index (χ2v) is 5.13. The van der Waals surface area contributed by atoms with Gasteiger partial charge in [-0.05, 0) is 56.2 Å². The highest BCUT2D eigenvalue weighted by molar-refractivity contribution is 6.05. The summed E-state index contributed by atoms with van der Waals surface area (Å²) in [5, 5.41) is 2.85. The van der Waals surface area contributed by atoms with Crippen LogP contribution in [-0.2, 0) is 0 Å². The monoisotopic (exact) mass is 305 g/mol. The highest BCUT2D eigenvalue weighted by Crippen LogP contribution is 2.23. The van der Waals surface area contributed by atoms with Gasteiger partial charge in [-0.3, -0.25) is 4.79 Å². The first-order valence-corrected chi connectivity index (χ1v) is 6.81. The number of anilines is 1. The average molecular weight is 305 g/mol. The topological polar surface area (TPSA) is 38.3 Å². The Kier molecular flexibility index (Phi) is 4.75. The molecular weight excluding hydrogens is 288 g/mol. The molecule has 0 atom stereocenters. The molecule has 22 heavy (non-hydrogen) atoms. The number of carbonyl (C=O) groups is 1. The molecule has 0 fully saturated rings. The SMILES string of the molecule is Cc1cc(C)c(NC(=O)c2ccc(OC(F)F)cc2)c(C)c1. The lowest BCUT2D eigenvalue weighted by molar-refractivity contribution is -0.0498. The fraction of sp³-hybridized carbons (Fsp3) is 0.235. The standard InChI is InChI=1S/C17H17F2NO2/c1-10-8-11(2)15(12(3)9-10)20-16(21)13-4-6-14(7-5-13)22-17(18)19/h4-9,17H,1-3H3,(H,20,21). The lowest BCUT2D eigenvalue weighted by atomic mass is 10.0. The second-order valence-electron chi connectivity index (χ2n) is 5.13. The molecule has 0 heterocycles. The van der Waals surface area contributed by atoms with Crippen molar-refractivity contribution in [1.29, 1.82) is 0 Å². The molecule has 2 aromatic carbocycles. The van der Waals surface area contributed by atoms with Gasteiger partial charge in [-0.1, -0.05) is 17.7 Å². The number of benzene rings is 2. The van der Waals surface area contributed by atoms with E-state index in [9.17, 15) is 13.6 Å². The Labute approximate surface area is 127 Å². The molecule has 0 saturated carbocycles. The Bertz CT molecular complexity index is 659. The minimum absolute atomic E-state index is 0.0225. The van der Waals surface area contributed by atoms with Crippen LogP contribution in [0.1, 0.15) is 27.0 Å². The zero-order valence-electron chi connectivity index (χ0n) is 12.6. The third-order valence-corrected chi connectivity index (χ3v) is 3.26. The summed E-state index contributed by atoms with van der Waals surface area (Å²) in [7, 11) is 0. The number of carbonyl (C=O) groups excluding carboxylic acids is 1. The number of halogens is 2. The number of aryl methyl sites for hydroxylation is 3. The number of alkyl halides is 2. The molecule has 0 aliphatic carbocycles. The summed E-state index contributed by atoms with van der Waals surface area (Å²) in [6.07, 6.45) is 0. The third kappa shape index (κ3) is 3.81. The van der Waals surface area contributed by atoms with Crippen molar-refractivity contribution in [3.05, 3.63) is 58.7 Å². The van der Waals surface area contributed by atoms with Crippen molar-refractivity contribution in [2.45, 2.75) is 27.4 Å². The summed E-state index contributed by atoms with van der Waals surface area (Å²) in [5.74, 6) is -0.270. The van der Waals surface area contributed by atoms with Crippen molar-refractivity contribution >= 4 is 11.6 Å². The predicted molar refractivity (Wildman–Crippen MR) is 81.7 cm³/mol. The lowest BCUT2D eigenvalue weighted by Crippen LogP contribution is -2.14. The smallest absolute Gasteiger partial charge is 0.387 e. The first-order chi connectivity index (χ1) is 10.4. The van der Waals surface area contributed by atoms with Gasteiger partial charge in [0.1, 0.15) is 5.75 Å². The van der Waals surface area contributed by atoms with Crippen LogP contribution in [-0.4, -0.2) is 12.5 Å².